The van der Waals surface area contributed by atoms with E-state index in [1.807, 2.05) is 17.5 Å². The Kier molecular flexibility index (Phi) is 5.58. The highest BCUT2D eigenvalue weighted by Gasteiger charge is 2.18. The summed E-state index contributed by atoms with van der Waals surface area (Å²) in [4.78, 5) is 8.43. The van der Waals surface area contributed by atoms with Crippen LogP contribution in [0.2, 0.25) is 0 Å². The van der Waals surface area contributed by atoms with Crippen molar-refractivity contribution in [3.05, 3.63) is 146 Å². The molecule has 43 heavy (non-hydrogen) atoms. The third-order valence-electron chi connectivity index (χ3n) is 8.29. The molecule has 3 aromatic heterocycles. The number of fused-ring (bicyclic) bond motifs is 7. The summed E-state index contributed by atoms with van der Waals surface area (Å²) in [7, 11) is 0. The zero-order valence-electron chi connectivity index (χ0n) is 23.1. The highest BCUT2D eigenvalue weighted by atomic mass is 32.1. The fraction of sp³-hybridized carbons (Fsp3) is 0. The first kappa shape index (κ1) is 24.6. The molecule has 0 N–H and O–H groups in total. The van der Waals surface area contributed by atoms with Crippen LogP contribution in [0, 0.1) is 0 Å². The Morgan fingerprint density at radius 3 is 1.93 bits per heavy atom. The number of pyridine rings is 1. The highest BCUT2D eigenvalue weighted by molar-refractivity contribution is 7.26. The molecule has 2 nitrogen and oxygen atoms in total. The minimum atomic E-state index is 1.05. The van der Waals surface area contributed by atoms with E-state index in [1.165, 1.54) is 57.5 Å². The van der Waals surface area contributed by atoms with Crippen LogP contribution in [0.3, 0.4) is 0 Å². The molecule has 0 spiro atoms. The van der Waals surface area contributed by atoms with Crippen molar-refractivity contribution < 1.29 is 0 Å². The van der Waals surface area contributed by atoms with Crippen molar-refractivity contribution in [1.29, 1.82) is 0 Å². The van der Waals surface area contributed by atoms with Gasteiger partial charge in [-0.2, -0.15) is 0 Å². The molecule has 0 bridgehead atoms. The lowest BCUT2D eigenvalue weighted by Gasteiger charge is -2.25. The van der Waals surface area contributed by atoms with E-state index in [-0.39, 0.29) is 0 Å². The summed E-state index contributed by atoms with van der Waals surface area (Å²) in [5, 5.41) is 7.54. The molecular weight excluding hydrogens is 561 g/mol. The predicted molar refractivity (Wildman–Crippen MR) is 188 cm³/mol. The van der Waals surface area contributed by atoms with Crippen molar-refractivity contribution in [3.63, 3.8) is 0 Å². The second-order valence-electron chi connectivity index (χ2n) is 10.9. The number of hydrogen-bond acceptors (Lipinski definition) is 4. The topological polar surface area (TPSA) is 16.1 Å². The van der Waals surface area contributed by atoms with Crippen molar-refractivity contribution in [3.8, 4) is 11.1 Å². The number of hydrogen-bond donors (Lipinski definition) is 0. The third-order valence-corrected chi connectivity index (χ3v) is 10.5. The van der Waals surface area contributed by atoms with Gasteiger partial charge in [0, 0.05) is 47.0 Å². The number of rotatable bonds is 4. The maximum atomic E-state index is 5.03. The summed E-state index contributed by atoms with van der Waals surface area (Å²) < 4.78 is 3.88. The van der Waals surface area contributed by atoms with E-state index in [1.54, 1.807) is 11.3 Å². The van der Waals surface area contributed by atoms with Gasteiger partial charge in [-0.05, 0) is 76.5 Å². The average molecular weight is 585 g/mol. The molecule has 202 valence electrons. The largest absolute Gasteiger partial charge is 0.309 e. The Morgan fingerprint density at radius 2 is 1.07 bits per heavy atom. The van der Waals surface area contributed by atoms with Gasteiger partial charge >= 0.3 is 0 Å². The number of nitrogens with zero attached hydrogens (tertiary/aromatic N) is 2. The van der Waals surface area contributed by atoms with Crippen LogP contribution in [0.1, 0.15) is 0 Å². The smallest absolute Gasteiger partial charge is 0.124 e. The second-order valence-corrected chi connectivity index (χ2v) is 13.0. The monoisotopic (exact) mass is 584 g/mol. The van der Waals surface area contributed by atoms with Crippen LogP contribution in [-0.2, 0) is 0 Å². The fourth-order valence-corrected chi connectivity index (χ4v) is 8.33. The number of benzene rings is 6. The predicted octanol–water partition coefficient (Wildman–Crippen LogP) is 12.1. The highest BCUT2D eigenvalue weighted by Crippen LogP contribution is 2.43. The van der Waals surface area contributed by atoms with Crippen molar-refractivity contribution >= 4 is 91.0 Å². The molecule has 0 saturated heterocycles. The lowest BCUT2D eigenvalue weighted by molar-refractivity contribution is 1.27. The maximum Gasteiger partial charge on any atom is 0.124 e. The first-order valence-corrected chi connectivity index (χ1v) is 16.0. The van der Waals surface area contributed by atoms with Crippen molar-refractivity contribution in [1.82, 2.24) is 4.98 Å². The number of anilines is 3. The Bertz CT molecular complexity index is 2450. The summed E-state index contributed by atoms with van der Waals surface area (Å²) >= 11 is 3.61. The molecular formula is C39H24N2S2. The molecule has 0 radical (unpaired) electrons. The molecule has 9 rings (SSSR count). The Hall–Kier alpha value is -5.03. The molecule has 0 aliphatic rings. The quantitative estimate of drug-likeness (QED) is 0.205. The first-order valence-electron chi connectivity index (χ1n) is 14.4. The summed E-state index contributed by atoms with van der Waals surface area (Å²) in [5.41, 5.74) is 5.69. The lowest BCUT2D eigenvalue weighted by atomic mass is 10.0. The van der Waals surface area contributed by atoms with E-state index < -0.39 is 0 Å². The van der Waals surface area contributed by atoms with E-state index in [4.69, 9.17) is 4.98 Å². The van der Waals surface area contributed by atoms with Gasteiger partial charge in [0.15, 0.2) is 0 Å². The maximum absolute atomic E-state index is 5.03. The molecule has 4 heteroatoms. The van der Waals surface area contributed by atoms with E-state index >= 15 is 0 Å². The molecule has 0 aliphatic heterocycles. The van der Waals surface area contributed by atoms with Crippen molar-refractivity contribution in [2.24, 2.45) is 0 Å². The van der Waals surface area contributed by atoms with E-state index in [9.17, 15) is 0 Å². The van der Waals surface area contributed by atoms with Gasteiger partial charge in [-0.3, -0.25) is 0 Å². The molecule has 0 fully saturated rings. The van der Waals surface area contributed by atoms with Gasteiger partial charge in [0.05, 0.1) is 11.9 Å². The summed E-state index contributed by atoms with van der Waals surface area (Å²) in [5.74, 6) is 0. The average Bonchev–Trinajstić information content (AvgIpc) is 3.62. The molecule has 0 aliphatic carbocycles. The standard InChI is InChI=1S/C39H24N2S2/c1-2-8-25(9-3-1)26-14-16-29(17-15-26)41(30-18-19-37-34(22-30)32-12-6-7-13-36(32)42-37)31-23-35-33-20-27-10-4-5-11-28(27)21-38(33)43-39(35)40-24-31/h1-24H. The van der Waals surface area contributed by atoms with Gasteiger partial charge in [0.25, 0.3) is 0 Å². The normalized spacial score (nSPS) is 11.7. The Morgan fingerprint density at radius 1 is 0.419 bits per heavy atom. The number of thiophene rings is 2. The number of aromatic nitrogens is 1. The molecule has 3 heterocycles. The van der Waals surface area contributed by atoms with E-state index in [0.717, 1.165) is 21.9 Å². The van der Waals surface area contributed by atoms with Crippen LogP contribution < -0.4 is 4.90 Å². The van der Waals surface area contributed by atoms with Gasteiger partial charge in [-0.25, -0.2) is 4.98 Å². The lowest BCUT2D eigenvalue weighted by Crippen LogP contribution is -2.10. The Balaban J connectivity index is 1.25. The van der Waals surface area contributed by atoms with E-state index in [0.29, 0.717) is 0 Å². The van der Waals surface area contributed by atoms with Crippen LogP contribution in [0.4, 0.5) is 17.1 Å². The zero-order chi connectivity index (χ0) is 28.3. The summed E-state index contributed by atoms with van der Waals surface area (Å²) in [6, 6.07) is 50.5. The molecule has 0 saturated carbocycles. The van der Waals surface area contributed by atoms with Crippen LogP contribution in [-0.4, -0.2) is 4.98 Å². The second kappa shape index (κ2) is 9.77. The summed E-state index contributed by atoms with van der Waals surface area (Å²) in [6.45, 7) is 0. The van der Waals surface area contributed by atoms with Gasteiger partial charge in [-0.1, -0.05) is 84.9 Å². The van der Waals surface area contributed by atoms with Gasteiger partial charge in [0.1, 0.15) is 4.83 Å². The van der Waals surface area contributed by atoms with Crippen LogP contribution in [0.15, 0.2) is 146 Å². The molecule has 9 aromatic rings. The van der Waals surface area contributed by atoms with Crippen LogP contribution >= 0.6 is 22.7 Å². The van der Waals surface area contributed by atoms with Gasteiger partial charge in [0.2, 0.25) is 0 Å². The van der Waals surface area contributed by atoms with E-state index in [2.05, 4.69) is 144 Å². The molecule has 0 amide bonds. The SMILES string of the molecule is c1ccc(-c2ccc(N(c3ccc4sc5ccccc5c4c3)c3cnc4sc5cc6ccccc6cc5c4c3)cc2)cc1. The summed E-state index contributed by atoms with van der Waals surface area (Å²) in [6.07, 6.45) is 2.03. The van der Waals surface area contributed by atoms with Crippen LogP contribution in [0.5, 0.6) is 0 Å². The fourth-order valence-electron chi connectivity index (χ4n) is 6.19. The minimum Gasteiger partial charge on any atom is -0.309 e. The first-order chi connectivity index (χ1) is 21.3. The molecule has 0 atom stereocenters. The van der Waals surface area contributed by atoms with Gasteiger partial charge < -0.3 is 4.90 Å². The molecule has 6 aromatic carbocycles. The van der Waals surface area contributed by atoms with Gasteiger partial charge in [-0.15, -0.1) is 22.7 Å². The Labute approximate surface area is 256 Å². The van der Waals surface area contributed by atoms with Crippen molar-refractivity contribution in [2.75, 3.05) is 4.90 Å². The zero-order valence-corrected chi connectivity index (χ0v) is 24.7. The van der Waals surface area contributed by atoms with Crippen molar-refractivity contribution in [2.45, 2.75) is 0 Å². The third kappa shape index (κ3) is 4.10. The molecule has 0 unspecified atom stereocenters. The minimum absolute atomic E-state index is 1.05. The van der Waals surface area contributed by atoms with Crippen LogP contribution in [0.25, 0.3) is 62.4 Å².